The minimum absolute atomic E-state index is 0.155. The van der Waals surface area contributed by atoms with Crippen molar-refractivity contribution in [3.8, 4) is 11.5 Å². The maximum absolute atomic E-state index is 10.1. The topological polar surface area (TPSA) is 40.5 Å². The van der Waals surface area contributed by atoms with E-state index < -0.39 is 0 Å². The summed E-state index contributed by atoms with van der Waals surface area (Å²) in [7, 11) is 0. The van der Waals surface area contributed by atoms with E-state index in [1.165, 1.54) is 11.1 Å². The fourth-order valence-corrected chi connectivity index (χ4v) is 3.75. The van der Waals surface area contributed by atoms with Crippen molar-refractivity contribution >= 4 is 0 Å². The second kappa shape index (κ2) is 3.29. The minimum atomic E-state index is 0.155. The molecule has 3 aliphatic carbocycles. The van der Waals surface area contributed by atoms with Crippen molar-refractivity contribution in [2.75, 3.05) is 0 Å². The second-order valence-electron chi connectivity index (χ2n) is 5.24. The van der Waals surface area contributed by atoms with Crippen molar-refractivity contribution in [3.63, 3.8) is 0 Å². The predicted octanol–water partition coefficient (Wildman–Crippen LogP) is 3.47. The van der Waals surface area contributed by atoms with Crippen molar-refractivity contribution in [2.24, 2.45) is 0 Å². The smallest absolute Gasteiger partial charge is 0.119 e. The van der Waals surface area contributed by atoms with Gasteiger partial charge in [-0.15, -0.1) is 0 Å². The molecule has 0 spiro atoms. The number of hydrogen-bond acceptors (Lipinski definition) is 2. The molecule has 2 heteroatoms. The number of phenols is 2. The van der Waals surface area contributed by atoms with E-state index in [0.29, 0.717) is 17.4 Å². The summed E-state index contributed by atoms with van der Waals surface area (Å²) in [5.74, 6) is 1.23. The molecule has 0 saturated carbocycles. The van der Waals surface area contributed by atoms with Gasteiger partial charge >= 0.3 is 0 Å². The molecular formula is C16H14O2. The van der Waals surface area contributed by atoms with Gasteiger partial charge in [-0.25, -0.2) is 0 Å². The Morgan fingerprint density at radius 1 is 0.722 bits per heavy atom. The third-order valence-electron chi connectivity index (χ3n) is 4.43. The van der Waals surface area contributed by atoms with E-state index in [-0.39, 0.29) is 5.92 Å². The summed E-state index contributed by atoms with van der Waals surface area (Å²) in [5, 5.41) is 20.2. The summed E-state index contributed by atoms with van der Waals surface area (Å²) in [6.07, 6.45) is 2.12. The Balaban J connectivity index is 2.06. The zero-order valence-electron chi connectivity index (χ0n) is 9.93. The molecule has 5 rings (SSSR count). The molecule has 2 nitrogen and oxygen atoms in total. The first-order chi connectivity index (χ1) is 8.77. The molecule has 0 atom stereocenters. The van der Waals surface area contributed by atoms with Crippen LogP contribution < -0.4 is 0 Å². The zero-order chi connectivity index (χ0) is 12.3. The molecule has 2 N–H and O–H groups in total. The number of hydrogen-bond donors (Lipinski definition) is 2. The van der Waals surface area contributed by atoms with Crippen LogP contribution in [0.4, 0.5) is 0 Å². The first-order valence-electron chi connectivity index (χ1n) is 6.41. The zero-order valence-corrected chi connectivity index (χ0v) is 9.93. The van der Waals surface area contributed by atoms with Crippen molar-refractivity contribution in [3.05, 3.63) is 58.7 Å². The normalized spacial score (nSPS) is 23.6. The average Bonchev–Trinajstić information content (AvgIpc) is 2.39. The summed E-state index contributed by atoms with van der Waals surface area (Å²) in [6, 6.07) is 11.5. The molecule has 0 amide bonds. The molecule has 2 aromatic rings. The highest BCUT2D eigenvalue weighted by Gasteiger charge is 2.40. The lowest BCUT2D eigenvalue weighted by atomic mass is 9.63. The van der Waals surface area contributed by atoms with E-state index >= 15 is 0 Å². The average molecular weight is 238 g/mol. The quantitative estimate of drug-likeness (QED) is 0.737. The van der Waals surface area contributed by atoms with Gasteiger partial charge in [0.1, 0.15) is 11.5 Å². The summed E-state index contributed by atoms with van der Waals surface area (Å²) in [4.78, 5) is 0. The van der Waals surface area contributed by atoms with E-state index in [0.717, 1.165) is 24.0 Å². The Kier molecular flexibility index (Phi) is 1.83. The molecule has 18 heavy (non-hydrogen) atoms. The van der Waals surface area contributed by atoms with Gasteiger partial charge in [0.2, 0.25) is 0 Å². The number of phenolic OH excluding ortho intramolecular Hbond substituents is 2. The molecule has 90 valence electrons. The van der Waals surface area contributed by atoms with Gasteiger partial charge in [-0.3, -0.25) is 0 Å². The van der Waals surface area contributed by atoms with E-state index in [1.807, 2.05) is 12.1 Å². The molecule has 0 saturated heterocycles. The van der Waals surface area contributed by atoms with Gasteiger partial charge in [0.05, 0.1) is 0 Å². The van der Waals surface area contributed by atoms with E-state index in [4.69, 9.17) is 0 Å². The van der Waals surface area contributed by atoms with Gasteiger partial charge in [-0.1, -0.05) is 24.3 Å². The third-order valence-corrected chi connectivity index (χ3v) is 4.43. The van der Waals surface area contributed by atoms with E-state index in [2.05, 4.69) is 12.1 Å². The SMILES string of the molecule is Oc1cccc2c1C1CCC2c2cccc(O)c21. The number of rotatable bonds is 0. The molecule has 0 aromatic heterocycles. The molecule has 0 fully saturated rings. The number of fused-ring (bicyclic) bond motifs is 1. The Labute approximate surface area is 106 Å². The summed E-state index contributed by atoms with van der Waals surface area (Å²) < 4.78 is 0. The lowest BCUT2D eigenvalue weighted by Crippen LogP contribution is -2.24. The monoisotopic (exact) mass is 238 g/mol. The minimum Gasteiger partial charge on any atom is -0.508 e. The van der Waals surface area contributed by atoms with Crippen LogP contribution in [0.3, 0.4) is 0 Å². The fraction of sp³-hybridized carbons (Fsp3) is 0.250. The standard InChI is InChI=1S/C16H14O2/c17-13-5-1-3-10-9-7-8-12(15(10)13)16-11(9)4-2-6-14(16)18/h1-6,9,12,17-18H,7-8H2. The Hall–Kier alpha value is -1.96. The molecule has 2 bridgehead atoms. The highest BCUT2D eigenvalue weighted by Crippen LogP contribution is 2.56. The predicted molar refractivity (Wildman–Crippen MR) is 69.1 cm³/mol. The van der Waals surface area contributed by atoms with E-state index in [9.17, 15) is 10.2 Å². The molecule has 0 radical (unpaired) electrons. The highest BCUT2D eigenvalue weighted by molar-refractivity contribution is 5.62. The van der Waals surface area contributed by atoms with Crippen LogP contribution in [0, 0.1) is 0 Å². The first kappa shape index (κ1) is 10.0. The lowest BCUT2D eigenvalue weighted by molar-refractivity contribution is 0.420. The van der Waals surface area contributed by atoms with Crippen LogP contribution in [0.15, 0.2) is 36.4 Å². The Morgan fingerprint density at radius 2 is 1.22 bits per heavy atom. The number of aromatic hydroxyl groups is 2. The van der Waals surface area contributed by atoms with Gasteiger partial charge in [0.25, 0.3) is 0 Å². The van der Waals surface area contributed by atoms with Crippen molar-refractivity contribution in [2.45, 2.75) is 24.7 Å². The van der Waals surface area contributed by atoms with Crippen LogP contribution in [-0.4, -0.2) is 10.2 Å². The molecule has 0 unspecified atom stereocenters. The van der Waals surface area contributed by atoms with Crippen LogP contribution in [0.2, 0.25) is 0 Å². The van der Waals surface area contributed by atoms with Crippen LogP contribution >= 0.6 is 0 Å². The Morgan fingerprint density at radius 3 is 1.78 bits per heavy atom. The van der Waals surface area contributed by atoms with Crippen molar-refractivity contribution < 1.29 is 10.2 Å². The van der Waals surface area contributed by atoms with Crippen molar-refractivity contribution in [1.29, 1.82) is 0 Å². The second-order valence-corrected chi connectivity index (χ2v) is 5.24. The Bertz CT molecular complexity index is 592. The molecule has 2 aromatic carbocycles. The van der Waals surface area contributed by atoms with E-state index in [1.54, 1.807) is 12.1 Å². The van der Waals surface area contributed by atoms with Crippen LogP contribution in [-0.2, 0) is 0 Å². The van der Waals surface area contributed by atoms with Gasteiger partial charge < -0.3 is 10.2 Å². The van der Waals surface area contributed by atoms with Gasteiger partial charge in [0.15, 0.2) is 0 Å². The summed E-state index contributed by atoms with van der Waals surface area (Å²) >= 11 is 0. The van der Waals surface area contributed by atoms with Crippen LogP contribution in [0.5, 0.6) is 11.5 Å². The van der Waals surface area contributed by atoms with Crippen molar-refractivity contribution in [1.82, 2.24) is 0 Å². The number of benzene rings is 2. The maximum Gasteiger partial charge on any atom is 0.119 e. The van der Waals surface area contributed by atoms with Crippen LogP contribution in [0.25, 0.3) is 0 Å². The molecule has 0 aliphatic heterocycles. The van der Waals surface area contributed by atoms with Gasteiger partial charge in [0, 0.05) is 23.0 Å². The fourth-order valence-electron chi connectivity index (χ4n) is 3.75. The van der Waals surface area contributed by atoms with Gasteiger partial charge in [-0.05, 0) is 36.1 Å². The maximum atomic E-state index is 10.1. The molecular weight excluding hydrogens is 224 g/mol. The summed E-state index contributed by atoms with van der Waals surface area (Å²) in [5.41, 5.74) is 4.54. The first-order valence-corrected chi connectivity index (χ1v) is 6.41. The largest absolute Gasteiger partial charge is 0.508 e. The lowest BCUT2D eigenvalue weighted by Gasteiger charge is -2.40. The van der Waals surface area contributed by atoms with Crippen LogP contribution in [0.1, 0.15) is 46.9 Å². The summed E-state index contributed by atoms with van der Waals surface area (Å²) in [6.45, 7) is 0. The van der Waals surface area contributed by atoms with Gasteiger partial charge in [-0.2, -0.15) is 0 Å². The highest BCUT2D eigenvalue weighted by atomic mass is 16.3. The molecule has 0 heterocycles. The third kappa shape index (κ3) is 1.08. The molecule has 3 aliphatic rings.